The number of H-pyrrole nitrogens is 1. The van der Waals surface area contributed by atoms with Gasteiger partial charge in [-0.1, -0.05) is 6.07 Å². The molecule has 4 aliphatic rings. The number of rotatable bonds is 15. The van der Waals surface area contributed by atoms with E-state index in [-0.39, 0.29) is 36.5 Å². The molecule has 3 fully saturated rings. The Morgan fingerprint density at radius 1 is 0.945 bits per heavy atom. The van der Waals surface area contributed by atoms with E-state index in [4.69, 9.17) is 18.9 Å². The average Bonchev–Trinajstić information content (AvgIpc) is 3.66. The highest BCUT2D eigenvalue weighted by molar-refractivity contribution is 6.05. The van der Waals surface area contributed by atoms with Crippen molar-refractivity contribution in [2.24, 2.45) is 0 Å². The molecule has 16 heteroatoms. The molecule has 5 heterocycles. The predicted molar refractivity (Wildman–Crippen MR) is 200 cm³/mol. The molecule has 0 radical (unpaired) electrons. The number of aliphatic hydroxyl groups excluding tert-OH is 1. The molecule has 16 nitrogen and oxygen atoms in total. The number of carbonyl (C=O) groups is 3. The second-order valence-electron chi connectivity index (χ2n) is 14.8. The molecule has 290 valence electrons. The molecule has 55 heavy (non-hydrogen) atoms. The lowest BCUT2D eigenvalue weighted by molar-refractivity contribution is -0.139. The average molecular weight is 755 g/mol. The highest BCUT2D eigenvalue weighted by atomic mass is 16.5. The number of amides is 3. The molecule has 0 spiro atoms. The number of piperazine rings is 1. The fraction of sp³-hybridized carbons (Fsp3) is 0.487. The molecule has 8 rings (SSSR count). The second kappa shape index (κ2) is 15.5. The van der Waals surface area contributed by atoms with Crippen LogP contribution in [-0.2, 0) is 19.1 Å². The third-order valence-electron chi connectivity index (χ3n) is 10.8. The van der Waals surface area contributed by atoms with Crippen LogP contribution in [0.25, 0.3) is 22.3 Å². The van der Waals surface area contributed by atoms with Crippen molar-refractivity contribution < 1.29 is 38.4 Å². The normalized spacial score (nSPS) is 22.2. The second-order valence-corrected chi connectivity index (χ2v) is 14.8. The highest BCUT2D eigenvalue weighted by Gasteiger charge is 2.44. The van der Waals surface area contributed by atoms with Crippen LogP contribution in [0, 0.1) is 0 Å². The molecule has 2 aromatic carbocycles. The number of imide groups is 1. The van der Waals surface area contributed by atoms with E-state index in [1.165, 1.54) is 0 Å². The van der Waals surface area contributed by atoms with Crippen molar-refractivity contribution in [2.75, 3.05) is 64.1 Å². The van der Waals surface area contributed by atoms with Gasteiger partial charge in [-0.25, -0.2) is 9.97 Å². The van der Waals surface area contributed by atoms with Gasteiger partial charge in [0.2, 0.25) is 11.8 Å². The van der Waals surface area contributed by atoms with Crippen molar-refractivity contribution in [2.45, 2.75) is 63.4 Å². The number of nitrogens with one attached hydrogen (secondary N) is 2. The summed E-state index contributed by atoms with van der Waals surface area (Å²) in [5, 5.41) is 21.7. The summed E-state index contributed by atoms with van der Waals surface area (Å²) < 4.78 is 23.5. The van der Waals surface area contributed by atoms with Gasteiger partial charge in [0.25, 0.3) is 5.91 Å². The lowest BCUT2D eigenvalue weighted by atomic mass is 10.0. The molecule has 3 aliphatic heterocycles. The first-order valence-electron chi connectivity index (χ1n) is 18.9. The van der Waals surface area contributed by atoms with Gasteiger partial charge in [-0.3, -0.25) is 34.6 Å². The monoisotopic (exact) mass is 754 g/mol. The van der Waals surface area contributed by atoms with E-state index in [0.29, 0.717) is 43.8 Å². The first kappa shape index (κ1) is 36.8. The summed E-state index contributed by atoms with van der Waals surface area (Å²) in [4.78, 5) is 52.0. The summed E-state index contributed by atoms with van der Waals surface area (Å²) in [6.07, 6.45) is 2.76. The molecule has 4 aromatic rings. The van der Waals surface area contributed by atoms with Crippen LogP contribution in [0.15, 0.2) is 48.8 Å². The Morgan fingerprint density at radius 2 is 1.75 bits per heavy atom. The molecule has 2 aromatic heterocycles. The van der Waals surface area contributed by atoms with Crippen molar-refractivity contribution in [1.29, 1.82) is 0 Å². The molecule has 1 aliphatic carbocycles. The molecular weight excluding hydrogens is 708 g/mol. The molecule has 0 bridgehead atoms. The first-order valence-corrected chi connectivity index (χ1v) is 18.9. The zero-order valence-electron chi connectivity index (χ0n) is 31.0. The van der Waals surface area contributed by atoms with E-state index in [0.717, 1.165) is 77.8 Å². The molecule has 3 amide bonds. The van der Waals surface area contributed by atoms with Crippen LogP contribution in [0.2, 0.25) is 0 Å². The van der Waals surface area contributed by atoms with Crippen molar-refractivity contribution >= 4 is 34.4 Å². The van der Waals surface area contributed by atoms with E-state index in [1.807, 2.05) is 24.3 Å². The minimum atomic E-state index is -1.27. The van der Waals surface area contributed by atoms with Crippen LogP contribution in [0.4, 0.5) is 5.82 Å². The van der Waals surface area contributed by atoms with E-state index in [1.54, 1.807) is 24.5 Å². The lowest BCUT2D eigenvalue weighted by Crippen LogP contribution is -2.53. The maximum absolute atomic E-state index is 13.1. The Bertz CT molecular complexity index is 2070. The quantitative estimate of drug-likeness (QED) is 0.119. The van der Waals surface area contributed by atoms with E-state index >= 15 is 0 Å². The summed E-state index contributed by atoms with van der Waals surface area (Å²) in [7, 11) is 0. The van der Waals surface area contributed by atoms with Crippen LogP contribution >= 0.6 is 0 Å². The van der Waals surface area contributed by atoms with Gasteiger partial charge in [-0.15, -0.1) is 0 Å². The Hall–Kier alpha value is -5.16. The standard InChI is InChI=1S/C39H46N8O8/c1-24-22-46(33-21-31(40-23-41-33)35-29-20-26(55-39(2)9-10-39)4-6-30(29)43-44-35)12-11-45(24)13-14-52-15-16-53-17-18-54-25-3-5-27-28(19-25)38(51)47(37(27)50)32-7-8-34(48)42-36(32)49/h3-6,19-21,23-24,32,37,50H,7-18,22H2,1-2H3,(H,43,44)(H,42,48,49)/t24-,32?,37?/m0/s1. The van der Waals surface area contributed by atoms with Gasteiger partial charge in [-0.2, -0.15) is 5.10 Å². The number of carbonyl (C=O) groups excluding carboxylic acids is 3. The third-order valence-corrected chi connectivity index (χ3v) is 10.8. The number of ether oxygens (including phenoxy) is 4. The van der Waals surface area contributed by atoms with Crippen LogP contribution < -0.4 is 19.7 Å². The molecule has 2 unspecified atom stereocenters. The van der Waals surface area contributed by atoms with Crippen LogP contribution in [0.5, 0.6) is 11.5 Å². The number of fused-ring (bicyclic) bond motifs is 2. The smallest absolute Gasteiger partial charge is 0.257 e. The molecule has 2 saturated heterocycles. The fourth-order valence-corrected chi connectivity index (χ4v) is 7.42. The minimum absolute atomic E-state index is 0.0598. The number of aromatic nitrogens is 4. The molecular formula is C39H46N8O8. The van der Waals surface area contributed by atoms with Crippen molar-refractivity contribution in [3.8, 4) is 22.9 Å². The first-order chi connectivity index (χ1) is 26.7. The highest BCUT2D eigenvalue weighted by Crippen LogP contribution is 2.41. The zero-order chi connectivity index (χ0) is 38.1. The van der Waals surface area contributed by atoms with Gasteiger partial charge in [0.1, 0.15) is 47.6 Å². The van der Waals surface area contributed by atoms with Crippen LogP contribution in [-0.4, -0.2) is 130 Å². The Labute approximate surface area is 318 Å². The number of hydrogen-bond acceptors (Lipinski definition) is 13. The molecule has 3 atom stereocenters. The largest absolute Gasteiger partial charge is 0.491 e. The van der Waals surface area contributed by atoms with Gasteiger partial charge in [0, 0.05) is 55.7 Å². The SMILES string of the molecule is C[C@H]1CN(c2cc(-c3n[nH]c4ccc(OC5(C)CC5)cc34)ncn2)CCN1CCOCCOCCOc1ccc2c(c1)C(=O)N(C1CCC(=O)NC1=O)C2O. The summed E-state index contributed by atoms with van der Waals surface area (Å²) >= 11 is 0. The minimum Gasteiger partial charge on any atom is -0.491 e. The summed E-state index contributed by atoms with van der Waals surface area (Å²) in [5.41, 5.74) is 3.09. The van der Waals surface area contributed by atoms with Gasteiger partial charge < -0.3 is 29.0 Å². The number of anilines is 1. The van der Waals surface area contributed by atoms with Crippen molar-refractivity contribution in [3.63, 3.8) is 0 Å². The lowest BCUT2D eigenvalue weighted by Gasteiger charge is -2.40. The predicted octanol–water partition coefficient (Wildman–Crippen LogP) is 2.83. The molecule has 3 N–H and O–H groups in total. The zero-order valence-corrected chi connectivity index (χ0v) is 31.0. The van der Waals surface area contributed by atoms with E-state index < -0.39 is 24.1 Å². The number of piperidine rings is 1. The summed E-state index contributed by atoms with van der Waals surface area (Å²) in [5.74, 6) is 0.726. The maximum Gasteiger partial charge on any atom is 0.257 e. The van der Waals surface area contributed by atoms with Crippen molar-refractivity contribution in [1.82, 2.24) is 35.3 Å². The number of aromatic amines is 1. The summed E-state index contributed by atoms with van der Waals surface area (Å²) in [6.45, 7) is 9.74. The number of aliphatic hydroxyl groups is 1. The Kier molecular flexibility index (Phi) is 10.4. The van der Waals surface area contributed by atoms with E-state index in [2.05, 4.69) is 49.1 Å². The fourth-order valence-electron chi connectivity index (χ4n) is 7.42. The van der Waals surface area contributed by atoms with E-state index in [9.17, 15) is 19.5 Å². The van der Waals surface area contributed by atoms with Gasteiger partial charge in [-0.05, 0) is 63.4 Å². The maximum atomic E-state index is 13.1. The van der Waals surface area contributed by atoms with Crippen LogP contribution in [0.1, 0.15) is 61.7 Å². The van der Waals surface area contributed by atoms with Crippen LogP contribution in [0.3, 0.4) is 0 Å². The van der Waals surface area contributed by atoms with Gasteiger partial charge >= 0.3 is 0 Å². The number of nitrogens with zero attached hydrogens (tertiary/aromatic N) is 6. The van der Waals surface area contributed by atoms with Gasteiger partial charge in [0.05, 0.1) is 43.2 Å². The van der Waals surface area contributed by atoms with Gasteiger partial charge in [0.15, 0.2) is 6.23 Å². The Morgan fingerprint density at radius 3 is 2.55 bits per heavy atom. The number of benzene rings is 2. The Balaban J connectivity index is 0.733. The number of hydrogen-bond donors (Lipinski definition) is 3. The topological polar surface area (TPSA) is 185 Å². The van der Waals surface area contributed by atoms with Crippen molar-refractivity contribution in [3.05, 3.63) is 59.9 Å². The third kappa shape index (κ3) is 7.99. The molecule has 1 saturated carbocycles. The summed E-state index contributed by atoms with van der Waals surface area (Å²) in [6, 6.07) is 12.3.